The largest absolute Gasteiger partial charge is 0.367 e. The average Bonchev–Trinajstić information content (AvgIpc) is 3.30. The molecule has 2 heterocycles. The van der Waals surface area contributed by atoms with Gasteiger partial charge in [-0.1, -0.05) is 12.1 Å². The molecule has 2 atom stereocenters. The first-order chi connectivity index (χ1) is 13.4. The van der Waals surface area contributed by atoms with Gasteiger partial charge in [-0.2, -0.15) is 5.10 Å². The Morgan fingerprint density at radius 1 is 1.29 bits per heavy atom. The number of primary amides is 1. The summed E-state index contributed by atoms with van der Waals surface area (Å²) in [6.07, 6.45) is 2.63. The van der Waals surface area contributed by atoms with Gasteiger partial charge in [0.05, 0.1) is 5.92 Å². The van der Waals surface area contributed by atoms with Crippen LogP contribution in [0.2, 0.25) is 0 Å². The highest BCUT2D eigenvalue weighted by Crippen LogP contribution is 2.39. The molecule has 2 aliphatic rings. The van der Waals surface area contributed by atoms with E-state index in [2.05, 4.69) is 15.5 Å². The van der Waals surface area contributed by atoms with E-state index in [1.165, 1.54) is 0 Å². The highest BCUT2D eigenvalue weighted by Gasteiger charge is 2.36. The van der Waals surface area contributed by atoms with Crippen LogP contribution < -0.4 is 16.0 Å². The highest BCUT2D eigenvalue weighted by atomic mass is 16.2. The van der Waals surface area contributed by atoms with Crippen LogP contribution in [0.4, 0.5) is 11.5 Å². The smallest absolute Gasteiger partial charge is 0.247 e. The van der Waals surface area contributed by atoms with Crippen molar-refractivity contribution in [2.75, 3.05) is 16.8 Å². The van der Waals surface area contributed by atoms with Gasteiger partial charge in [-0.05, 0) is 37.5 Å². The predicted molar refractivity (Wildman–Crippen MR) is 104 cm³/mol. The average molecular weight is 381 g/mol. The zero-order valence-electron chi connectivity index (χ0n) is 15.6. The third-order valence-electron chi connectivity index (χ3n) is 5.47. The second-order valence-electron chi connectivity index (χ2n) is 7.50. The molecular formula is C20H23N5O3. The monoisotopic (exact) mass is 381 g/mol. The lowest BCUT2D eigenvalue weighted by molar-refractivity contribution is -0.126. The van der Waals surface area contributed by atoms with Crippen molar-refractivity contribution in [2.24, 2.45) is 5.73 Å². The van der Waals surface area contributed by atoms with Gasteiger partial charge in [0, 0.05) is 36.3 Å². The molecule has 2 fully saturated rings. The van der Waals surface area contributed by atoms with Crippen molar-refractivity contribution in [3.8, 4) is 0 Å². The molecule has 0 bridgehead atoms. The van der Waals surface area contributed by atoms with E-state index >= 15 is 0 Å². The van der Waals surface area contributed by atoms with Crippen LogP contribution in [0.3, 0.4) is 0 Å². The first-order valence-electron chi connectivity index (χ1n) is 9.49. The van der Waals surface area contributed by atoms with Crippen LogP contribution in [0.25, 0.3) is 0 Å². The number of H-pyrrole nitrogens is 1. The number of hydrogen-bond donors (Lipinski definition) is 3. The molecule has 1 aromatic heterocycles. The molecule has 1 saturated carbocycles. The van der Waals surface area contributed by atoms with E-state index in [0.29, 0.717) is 24.7 Å². The maximum Gasteiger partial charge on any atom is 0.247 e. The standard InChI is InChI=1S/C20H23N5O3/c1-11(20(28)22-17-10-15(23-24-17)13-2-3-13)12-4-6-14(7-5-12)25-9-8-16(26)18(25)19(21)27/h4-7,10-11,13,18H,2-3,8-9H2,1H3,(H2,21,27)(H2,22,23,24,28). The number of aromatic nitrogens is 2. The molecule has 1 aliphatic heterocycles. The summed E-state index contributed by atoms with van der Waals surface area (Å²) in [5, 5.41) is 9.97. The Morgan fingerprint density at radius 3 is 2.64 bits per heavy atom. The Hall–Kier alpha value is -3.16. The lowest BCUT2D eigenvalue weighted by atomic mass is 9.99. The molecule has 4 rings (SSSR count). The van der Waals surface area contributed by atoms with Crippen LogP contribution in [-0.2, 0) is 14.4 Å². The fourth-order valence-corrected chi connectivity index (χ4v) is 3.61. The van der Waals surface area contributed by atoms with E-state index in [1.54, 1.807) is 4.90 Å². The molecule has 2 unspecified atom stereocenters. The molecule has 0 radical (unpaired) electrons. The number of amides is 2. The summed E-state index contributed by atoms with van der Waals surface area (Å²) >= 11 is 0. The van der Waals surface area contributed by atoms with Gasteiger partial charge in [0.1, 0.15) is 0 Å². The normalized spacial score (nSPS) is 20.2. The second kappa shape index (κ2) is 7.10. The number of ketones is 1. The number of carbonyl (C=O) groups is 3. The van der Waals surface area contributed by atoms with Crippen molar-refractivity contribution in [1.29, 1.82) is 0 Å². The minimum Gasteiger partial charge on any atom is -0.367 e. The molecule has 28 heavy (non-hydrogen) atoms. The molecule has 146 valence electrons. The molecule has 2 amide bonds. The Bertz CT molecular complexity index is 916. The predicted octanol–water partition coefficient (Wildman–Crippen LogP) is 1.66. The van der Waals surface area contributed by atoms with Crippen molar-refractivity contribution in [3.63, 3.8) is 0 Å². The van der Waals surface area contributed by atoms with Crippen LogP contribution in [0.15, 0.2) is 30.3 Å². The number of nitrogens with zero attached hydrogens (tertiary/aromatic N) is 2. The lowest BCUT2D eigenvalue weighted by Crippen LogP contribution is -2.44. The van der Waals surface area contributed by atoms with Crippen LogP contribution >= 0.6 is 0 Å². The molecule has 8 heteroatoms. The maximum absolute atomic E-state index is 12.6. The number of benzene rings is 1. The van der Waals surface area contributed by atoms with Gasteiger partial charge in [0.2, 0.25) is 11.8 Å². The van der Waals surface area contributed by atoms with Crippen LogP contribution in [0.5, 0.6) is 0 Å². The Morgan fingerprint density at radius 2 is 2.00 bits per heavy atom. The van der Waals surface area contributed by atoms with Crippen molar-refractivity contribution >= 4 is 29.1 Å². The number of anilines is 2. The van der Waals surface area contributed by atoms with E-state index in [4.69, 9.17) is 5.73 Å². The number of aromatic amines is 1. The number of carbonyl (C=O) groups excluding carboxylic acids is 3. The third-order valence-corrected chi connectivity index (χ3v) is 5.47. The van der Waals surface area contributed by atoms with Gasteiger partial charge in [-0.3, -0.25) is 19.5 Å². The Balaban J connectivity index is 1.43. The van der Waals surface area contributed by atoms with Crippen LogP contribution in [-0.4, -0.2) is 40.4 Å². The highest BCUT2D eigenvalue weighted by molar-refractivity contribution is 6.09. The Labute approximate surface area is 162 Å². The molecule has 2 aromatic rings. The molecule has 1 aliphatic carbocycles. The topological polar surface area (TPSA) is 121 Å². The van der Waals surface area contributed by atoms with Crippen molar-refractivity contribution in [1.82, 2.24) is 10.2 Å². The zero-order valence-corrected chi connectivity index (χ0v) is 15.6. The van der Waals surface area contributed by atoms with E-state index in [-0.39, 0.29) is 17.6 Å². The summed E-state index contributed by atoms with van der Waals surface area (Å²) in [4.78, 5) is 37.7. The molecule has 0 spiro atoms. The second-order valence-corrected chi connectivity index (χ2v) is 7.50. The number of Topliss-reactive ketones (excluding diaryl/α,β-unsaturated/α-hetero) is 1. The first kappa shape index (κ1) is 18.2. The number of nitrogens with two attached hydrogens (primary N) is 1. The molecule has 1 aromatic carbocycles. The number of nitrogens with one attached hydrogen (secondary N) is 2. The Kier molecular flexibility index (Phi) is 4.62. The van der Waals surface area contributed by atoms with Crippen molar-refractivity contribution in [3.05, 3.63) is 41.6 Å². The van der Waals surface area contributed by atoms with Gasteiger partial charge >= 0.3 is 0 Å². The van der Waals surface area contributed by atoms with Crippen LogP contribution in [0.1, 0.15) is 49.3 Å². The van der Waals surface area contributed by atoms with Gasteiger partial charge < -0.3 is 16.0 Å². The summed E-state index contributed by atoms with van der Waals surface area (Å²) in [5.41, 5.74) is 8.01. The molecule has 4 N–H and O–H groups in total. The SMILES string of the molecule is CC(C(=O)Nc1cc(C2CC2)[nH]n1)c1ccc(N2CCC(=O)C2C(N)=O)cc1. The van der Waals surface area contributed by atoms with Crippen molar-refractivity contribution in [2.45, 2.75) is 44.1 Å². The van der Waals surface area contributed by atoms with E-state index in [0.717, 1.165) is 29.8 Å². The summed E-state index contributed by atoms with van der Waals surface area (Å²) in [5.74, 6) is -0.229. The lowest BCUT2D eigenvalue weighted by Gasteiger charge is -2.23. The van der Waals surface area contributed by atoms with Gasteiger partial charge in [-0.25, -0.2) is 0 Å². The van der Waals surface area contributed by atoms with E-state index in [1.807, 2.05) is 37.3 Å². The fourth-order valence-electron chi connectivity index (χ4n) is 3.61. The molecule has 8 nitrogen and oxygen atoms in total. The molecule has 1 saturated heterocycles. The number of hydrogen-bond acceptors (Lipinski definition) is 5. The summed E-state index contributed by atoms with van der Waals surface area (Å²) < 4.78 is 0. The zero-order chi connectivity index (χ0) is 19.8. The number of rotatable bonds is 6. The molecular weight excluding hydrogens is 358 g/mol. The van der Waals surface area contributed by atoms with Crippen molar-refractivity contribution < 1.29 is 14.4 Å². The summed E-state index contributed by atoms with van der Waals surface area (Å²) in [6.45, 7) is 2.29. The minimum absolute atomic E-state index is 0.145. The summed E-state index contributed by atoms with van der Waals surface area (Å²) in [6, 6.07) is 8.27. The van der Waals surface area contributed by atoms with E-state index in [9.17, 15) is 14.4 Å². The third kappa shape index (κ3) is 3.49. The quantitative estimate of drug-likeness (QED) is 0.657. The van der Waals surface area contributed by atoms with Gasteiger partial charge in [0.15, 0.2) is 17.6 Å². The maximum atomic E-state index is 12.6. The van der Waals surface area contributed by atoms with E-state index < -0.39 is 11.9 Å². The van der Waals surface area contributed by atoms with Crippen LogP contribution in [0, 0.1) is 0 Å². The van der Waals surface area contributed by atoms with Gasteiger partial charge in [0.25, 0.3) is 0 Å². The van der Waals surface area contributed by atoms with Gasteiger partial charge in [-0.15, -0.1) is 0 Å². The fraction of sp³-hybridized carbons (Fsp3) is 0.400. The minimum atomic E-state index is -0.910. The first-order valence-corrected chi connectivity index (χ1v) is 9.49. The summed E-state index contributed by atoms with van der Waals surface area (Å²) in [7, 11) is 0.